The van der Waals surface area contributed by atoms with Gasteiger partial charge in [-0.15, -0.1) is 0 Å². The van der Waals surface area contributed by atoms with E-state index in [0.29, 0.717) is 11.4 Å². The van der Waals surface area contributed by atoms with E-state index in [2.05, 4.69) is 25.5 Å². The SMILES string of the molecule is Cc1cc(NC(=O)COc2ccccc2F)n(-c2nc3c(cnn3-c3ccc(F)cc3)c(=O)[nH]2)n1. The number of hydrogen-bond donors (Lipinski definition) is 2. The van der Waals surface area contributed by atoms with Gasteiger partial charge in [-0.2, -0.15) is 19.9 Å². The van der Waals surface area contributed by atoms with Crippen molar-refractivity contribution in [2.75, 3.05) is 11.9 Å². The van der Waals surface area contributed by atoms with Crippen molar-refractivity contribution in [1.29, 1.82) is 0 Å². The summed E-state index contributed by atoms with van der Waals surface area (Å²) in [6.07, 6.45) is 1.35. The van der Waals surface area contributed by atoms with Gasteiger partial charge in [0.15, 0.2) is 23.8 Å². The zero-order chi connectivity index (χ0) is 24.5. The maximum atomic E-state index is 13.7. The number of fused-ring (bicyclic) bond motifs is 1. The Bertz CT molecular complexity index is 1610. The number of aromatic amines is 1. The van der Waals surface area contributed by atoms with E-state index in [1.54, 1.807) is 19.1 Å². The Morgan fingerprint density at radius 3 is 2.66 bits per heavy atom. The monoisotopic (exact) mass is 477 g/mol. The number of carbonyl (C=O) groups excluding carboxylic acids is 1. The third-order valence-corrected chi connectivity index (χ3v) is 4.99. The van der Waals surface area contributed by atoms with Crippen LogP contribution >= 0.6 is 0 Å². The van der Waals surface area contributed by atoms with Crippen LogP contribution in [0.25, 0.3) is 22.7 Å². The average molecular weight is 477 g/mol. The summed E-state index contributed by atoms with van der Waals surface area (Å²) < 4.78 is 34.9. The fourth-order valence-corrected chi connectivity index (χ4v) is 3.41. The molecular weight excluding hydrogens is 460 g/mol. The van der Waals surface area contributed by atoms with E-state index in [1.807, 2.05) is 0 Å². The van der Waals surface area contributed by atoms with E-state index >= 15 is 0 Å². The lowest BCUT2D eigenvalue weighted by molar-refractivity contribution is -0.118. The van der Waals surface area contributed by atoms with Crippen LogP contribution in [-0.4, -0.2) is 42.0 Å². The molecule has 2 N–H and O–H groups in total. The Balaban J connectivity index is 1.46. The van der Waals surface area contributed by atoms with Crippen LogP contribution in [-0.2, 0) is 4.79 Å². The van der Waals surface area contributed by atoms with Gasteiger partial charge >= 0.3 is 0 Å². The number of aryl methyl sites for hydroxylation is 1. The lowest BCUT2D eigenvalue weighted by Gasteiger charge is -2.10. The predicted molar refractivity (Wildman–Crippen MR) is 122 cm³/mol. The van der Waals surface area contributed by atoms with Crippen LogP contribution in [0.3, 0.4) is 0 Å². The Hall–Kier alpha value is -4.87. The lowest BCUT2D eigenvalue weighted by atomic mass is 10.3. The maximum Gasteiger partial charge on any atom is 0.263 e. The normalized spacial score (nSPS) is 11.1. The number of nitrogens with zero attached hydrogens (tertiary/aromatic N) is 5. The van der Waals surface area contributed by atoms with Crippen LogP contribution in [0.4, 0.5) is 14.6 Å². The first kappa shape index (κ1) is 21.9. The minimum absolute atomic E-state index is 0.0183. The molecule has 0 fully saturated rings. The number of benzene rings is 2. The van der Waals surface area contributed by atoms with Gasteiger partial charge in [-0.05, 0) is 43.3 Å². The first-order valence-electron chi connectivity index (χ1n) is 10.4. The number of rotatable bonds is 6. The molecule has 3 heterocycles. The summed E-state index contributed by atoms with van der Waals surface area (Å²) >= 11 is 0. The van der Waals surface area contributed by atoms with E-state index in [1.165, 1.54) is 58.0 Å². The molecule has 176 valence electrons. The topological polar surface area (TPSA) is 120 Å². The molecule has 0 aliphatic heterocycles. The maximum absolute atomic E-state index is 13.7. The molecule has 0 saturated carbocycles. The molecule has 0 radical (unpaired) electrons. The Morgan fingerprint density at radius 1 is 1.11 bits per heavy atom. The van der Waals surface area contributed by atoms with Crippen molar-refractivity contribution in [2.24, 2.45) is 0 Å². The molecule has 5 rings (SSSR count). The van der Waals surface area contributed by atoms with E-state index in [0.717, 1.165) is 0 Å². The predicted octanol–water partition coefficient (Wildman–Crippen LogP) is 2.90. The number of H-pyrrole nitrogens is 1. The van der Waals surface area contributed by atoms with E-state index < -0.39 is 29.7 Å². The van der Waals surface area contributed by atoms with Gasteiger partial charge in [-0.1, -0.05) is 12.1 Å². The number of para-hydroxylation sites is 1. The number of aromatic nitrogens is 6. The molecule has 0 aliphatic rings. The quantitative estimate of drug-likeness (QED) is 0.388. The van der Waals surface area contributed by atoms with E-state index in [4.69, 9.17) is 4.74 Å². The van der Waals surface area contributed by atoms with Crippen molar-refractivity contribution < 1.29 is 18.3 Å². The molecule has 0 aliphatic carbocycles. The first-order valence-corrected chi connectivity index (χ1v) is 10.4. The van der Waals surface area contributed by atoms with Crippen molar-refractivity contribution in [1.82, 2.24) is 29.5 Å². The smallest absolute Gasteiger partial charge is 0.263 e. The van der Waals surface area contributed by atoms with Crippen LogP contribution < -0.4 is 15.6 Å². The zero-order valence-electron chi connectivity index (χ0n) is 18.2. The van der Waals surface area contributed by atoms with Gasteiger partial charge in [0.1, 0.15) is 17.0 Å². The lowest BCUT2D eigenvalue weighted by Crippen LogP contribution is -2.23. The number of hydrogen-bond acceptors (Lipinski definition) is 6. The van der Waals surface area contributed by atoms with Crippen LogP contribution in [0.2, 0.25) is 0 Å². The highest BCUT2D eigenvalue weighted by Gasteiger charge is 2.17. The summed E-state index contributed by atoms with van der Waals surface area (Å²) in [5, 5.41) is 11.3. The second-order valence-corrected chi connectivity index (χ2v) is 7.51. The highest BCUT2D eigenvalue weighted by atomic mass is 19.1. The van der Waals surface area contributed by atoms with Gasteiger partial charge in [0.2, 0.25) is 5.95 Å². The second kappa shape index (κ2) is 8.82. The van der Waals surface area contributed by atoms with Crippen LogP contribution in [0.15, 0.2) is 65.6 Å². The molecule has 10 nitrogen and oxygen atoms in total. The third-order valence-electron chi connectivity index (χ3n) is 4.99. The van der Waals surface area contributed by atoms with Crippen molar-refractivity contribution >= 4 is 22.8 Å². The molecule has 0 bridgehead atoms. The molecule has 0 unspecified atom stereocenters. The van der Waals surface area contributed by atoms with Gasteiger partial charge in [0, 0.05) is 6.07 Å². The average Bonchev–Trinajstić information content (AvgIpc) is 3.42. The summed E-state index contributed by atoms with van der Waals surface area (Å²) in [6, 6.07) is 12.8. The number of amides is 1. The molecule has 0 atom stereocenters. The summed E-state index contributed by atoms with van der Waals surface area (Å²) in [6.45, 7) is 1.24. The van der Waals surface area contributed by atoms with Crippen LogP contribution in [0, 0.1) is 18.6 Å². The van der Waals surface area contributed by atoms with E-state index in [9.17, 15) is 18.4 Å². The molecule has 12 heteroatoms. The number of anilines is 1. The van der Waals surface area contributed by atoms with E-state index in [-0.39, 0.29) is 28.5 Å². The summed E-state index contributed by atoms with van der Waals surface area (Å²) in [7, 11) is 0. The highest BCUT2D eigenvalue weighted by Crippen LogP contribution is 2.19. The molecule has 35 heavy (non-hydrogen) atoms. The molecule has 2 aromatic carbocycles. The number of nitrogens with one attached hydrogen (secondary N) is 2. The van der Waals surface area contributed by atoms with Crippen molar-refractivity contribution in [3.8, 4) is 17.4 Å². The summed E-state index contributed by atoms with van der Waals surface area (Å²) in [4.78, 5) is 32.3. The second-order valence-electron chi connectivity index (χ2n) is 7.51. The van der Waals surface area contributed by atoms with Crippen LogP contribution in [0.5, 0.6) is 5.75 Å². The molecule has 3 aromatic heterocycles. The number of ether oxygens (including phenoxy) is 1. The van der Waals surface area contributed by atoms with Crippen molar-refractivity contribution in [2.45, 2.75) is 6.92 Å². The zero-order valence-corrected chi connectivity index (χ0v) is 18.2. The number of halogens is 2. The molecule has 1 amide bonds. The Morgan fingerprint density at radius 2 is 1.89 bits per heavy atom. The molecule has 0 saturated heterocycles. The summed E-state index contributed by atoms with van der Waals surface area (Å²) in [5.41, 5.74) is 0.765. The summed E-state index contributed by atoms with van der Waals surface area (Å²) in [5.74, 6) is -1.41. The minimum Gasteiger partial charge on any atom is -0.481 e. The molecule has 0 spiro atoms. The fourth-order valence-electron chi connectivity index (χ4n) is 3.41. The van der Waals surface area contributed by atoms with Crippen LogP contribution in [0.1, 0.15) is 5.69 Å². The van der Waals surface area contributed by atoms with Crippen molar-refractivity contribution in [3.05, 3.63) is 88.5 Å². The molecule has 5 aromatic rings. The minimum atomic E-state index is -0.589. The Kier molecular flexibility index (Phi) is 5.53. The standard InChI is InChI=1S/C23H17F2N7O3/c1-13-10-19(27-20(33)12-35-18-5-3-2-4-17(18)25)32(30-13)23-28-21-16(22(34)29-23)11-26-31(21)15-8-6-14(24)7-9-15/h2-11H,12H2,1H3,(H,27,33)(H,28,29,34). The van der Waals surface area contributed by atoms with Gasteiger partial charge in [-0.25, -0.2) is 13.5 Å². The van der Waals surface area contributed by atoms with Gasteiger partial charge in [0.05, 0.1) is 17.6 Å². The van der Waals surface area contributed by atoms with Gasteiger partial charge < -0.3 is 10.1 Å². The first-order chi connectivity index (χ1) is 16.9. The molecular formula is C23H17F2N7O3. The third kappa shape index (κ3) is 4.36. The fraction of sp³-hybridized carbons (Fsp3) is 0.0870. The van der Waals surface area contributed by atoms with Gasteiger partial charge in [-0.3, -0.25) is 14.6 Å². The highest BCUT2D eigenvalue weighted by molar-refractivity contribution is 5.91. The van der Waals surface area contributed by atoms with Crippen molar-refractivity contribution in [3.63, 3.8) is 0 Å². The Labute approximate surface area is 195 Å². The largest absolute Gasteiger partial charge is 0.481 e. The van der Waals surface area contributed by atoms with Gasteiger partial charge in [0.25, 0.3) is 11.5 Å². The number of carbonyl (C=O) groups is 1.